The first-order valence-electron chi connectivity index (χ1n) is 4.34. The van der Waals surface area contributed by atoms with Crippen LogP contribution >= 0.6 is 15.9 Å². The van der Waals surface area contributed by atoms with Crippen molar-refractivity contribution in [3.05, 3.63) is 22.8 Å². The molecule has 4 nitrogen and oxygen atoms in total. The number of nitrogens with two attached hydrogens (primary N) is 1. The maximum atomic E-state index is 11.5. The highest BCUT2D eigenvalue weighted by molar-refractivity contribution is 9.10. The van der Waals surface area contributed by atoms with Crippen LogP contribution in [0.4, 0.5) is 5.82 Å². The van der Waals surface area contributed by atoms with Crippen LogP contribution < -0.4 is 10.6 Å². The van der Waals surface area contributed by atoms with E-state index in [0.717, 1.165) is 4.47 Å². The molecule has 2 heterocycles. The number of rotatable bonds is 1. The Hall–Kier alpha value is -0.940. The van der Waals surface area contributed by atoms with Crippen molar-refractivity contribution in [2.24, 2.45) is 5.73 Å². The number of halogens is 1. The lowest BCUT2D eigenvalue weighted by Gasteiger charge is -2.14. The van der Waals surface area contributed by atoms with Gasteiger partial charge in [0, 0.05) is 29.7 Å². The maximum Gasteiger partial charge on any atom is 0.229 e. The summed E-state index contributed by atoms with van der Waals surface area (Å²) in [6, 6.07) is 3.57. The topological polar surface area (TPSA) is 59.2 Å². The minimum absolute atomic E-state index is 0.0445. The van der Waals surface area contributed by atoms with Crippen molar-refractivity contribution < 1.29 is 4.79 Å². The second kappa shape index (κ2) is 3.67. The number of hydrogen-bond acceptors (Lipinski definition) is 3. The fraction of sp³-hybridized carbons (Fsp3) is 0.333. The van der Waals surface area contributed by atoms with Crippen LogP contribution in [0.3, 0.4) is 0 Å². The SMILES string of the molecule is NC1CC(=O)N(c2cc(Br)ccn2)C1. The lowest BCUT2D eigenvalue weighted by atomic mass is 10.3. The van der Waals surface area contributed by atoms with Gasteiger partial charge in [-0.25, -0.2) is 4.98 Å². The number of carbonyl (C=O) groups excluding carboxylic acids is 1. The molecule has 1 fully saturated rings. The molecule has 74 valence electrons. The molecule has 1 aromatic heterocycles. The van der Waals surface area contributed by atoms with E-state index in [0.29, 0.717) is 18.8 Å². The van der Waals surface area contributed by atoms with E-state index in [1.54, 1.807) is 11.1 Å². The Morgan fingerprint density at radius 1 is 1.64 bits per heavy atom. The molecule has 1 saturated heterocycles. The predicted molar refractivity (Wildman–Crippen MR) is 56.9 cm³/mol. The van der Waals surface area contributed by atoms with Crippen molar-refractivity contribution in [1.82, 2.24) is 4.98 Å². The van der Waals surface area contributed by atoms with E-state index in [1.807, 2.05) is 12.1 Å². The van der Waals surface area contributed by atoms with Crippen LogP contribution in [0.1, 0.15) is 6.42 Å². The molecule has 0 radical (unpaired) electrons. The zero-order valence-corrected chi connectivity index (χ0v) is 9.07. The van der Waals surface area contributed by atoms with E-state index in [2.05, 4.69) is 20.9 Å². The standard InChI is InChI=1S/C9H10BrN3O/c10-6-1-2-12-8(3-6)13-5-7(11)4-9(13)14/h1-3,7H,4-5,11H2. The third kappa shape index (κ3) is 1.78. The van der Waals surface area contributed by atoms with E-state index in [-0.39, 0.29) is 11.9 Å². The van der Waals surface area contributed by atoms with Gasteiger partial charge < -0.3 is 5.73 Å². The van der Waals surface area contributed by atoms with Gasteiger partial charge in [0.2, 0.25) is 5.91 Å². The zero-order chi connectivity index (χ0) is 10.1. The molecule has 0 spiro atoms. The molecule has 1 amide bonds. The van der Waals surface area contributed by atoms with Crippen molar-refractivity contribution in [2.75, 3.05) is 11.4 Å². The number of amides is 1. The lowest BCUT2D eigenvalue weighted by molar-refractivity contribution is -0.117. The Bertz CT molecular complexity index is 369. The molecule has 5 heteroatoms. The van der Waals surface area contributed by atoms with Gasteiger partial charge in [-0.2, -0.15) is 0 Å². The number of hydrogen-bond donors (Lipinski definition) is 1. The largest absolute Gasteiger partial charge is 0.326 e. The number of aromatic nitrogens is 1. The van der Waals surface area contributed by atoms with Crippen molar-refractivity contribution in [1.29, 1.82) is 0 Å². The van der Waals surface area contributed by atoms with Gasteiger partial charge in [-0.3, -0.25) is 9.69 Å². The highest BCUT2D eigenvalue weighted by atomic mass is 79.9. The molecular weight excluding hydrogens is 246 g/mol. The molecule has 2 N–H and O–H groups in total. The molecule has 2 rings (SSSR count). The van der Waals surface area contributed by atoms with Gasteiger partial charge in [-0.15, -0.1) is 0 Å². The van der Waals surface area contributed by atoms with Crippen molar-refractivity contribution >= 4 is 27.7 Å². The molecule has 0 saturated carbocycles. The Morgan fingerprint density at radius 2 is 2.43 bits per heavy atom. The quantitative estimate of drug-likeness (QED) is 0.812. The summed E-state index contributed by atoms with van der Waals surface area (Å²) in [7, 11) is 0. The van der Waals surface area contributed by atoms with Gasteiger partial charge in [0.05, 0.1) is 0 Å². The first-order chi connectivity index (χ1) is 6.66. The fourth-order valence-corrected chi connectivity index (χ4v) is 1.82. The number of nitrogens with zero attached hydrogens (tertiary/aromatic N) is 2. The van der Waals surface area contributed by atoms with E-state index >= 15 is 0 Å². The van der Waals surface area contributed by atoms with E-state index in [9.17, 15) is 4.79 Å². The Balaban J connectivity index is 2.27. The van der Waals surface area contributed by atoms with Gasteiger partial charge in [0.25, 0.3) is 0 Å². The molecule has 1 atom stereocenters. The van der Waals surface area contributed by atoms with Crippen LogP contribution in [0.25, 0.3) is 0 Å². The summed E-state index contributed by atoms with van der Waals surface area (Å²) in [5.41, 5.74) is 5.69. The van der Waals surface area contributed by atoms with Crippen LogP contribution in [0.5, 0.6) is 0 Å². The summed E-state index contributed by atoms with van der Waals surface area (Å²) in [6.45, 7) is 0.558. The summed E-state index contributed by atoms with van der Waals surface area (Å²) < 4.78 is 0.913. The summed E-state index contributed by atoms with van der Waals surface area (Å²) in [4.78, 5) is 17.2. The highest BCUT2D eigenvalue weighted by Gasteiger charge is 2.28. The monoisotopic (exact) mass is 255 g/mol. The minimum atomic E-state index is -0.0664. The average molecular weight is 256 g/mol. The zero-order valence-electron chi connectivity index (χ0n) is 7.48. The highest BCUT2D eigenvalue weighted by Crippen LogP contribution is 2.21. The minimum Gasteiger partial charge on any atom is -0.326 e. The molecular formula is C9H10BrN3O. The Labute approximate surface area is 90.2 Å². The average Bonchev–Trinajstić information content (AvgIpc) is 2.45. The van der Waals surface area contributed by atoms with Gasteiger partial charge in [0.1, 0.15) is 5.82 Å². The number of carbonyl (C=O) groups is 1. The molecule has 1 unspecified atom stereocenters. The summed E-state index contributed by atoms with van der Waals surface area (Å²) in [5, 5.41) is 0. The molecule has 0 aliphatic carbocycles. The second-order valence-corrected chi connectivity index (χ2v) is 4.22. The summed E-state index contributed by atoms with van der Waals surface area (Å²) in [6.07, 6.45) is 2.07. The lowest BCUT2D eigenvalue weighted by Crippen LogP contribution is -2.28. The molecule has 1 aliphatic rings. The van der Waals surface area contributed by atoms with E-state index < -0.39 is 0 Å². The molecule has 1 aromatic rings. The second-order valence-electron chi connectivity index (χ2n) is 3.30. The van der Waals surface area contributed by atoms with Crippen LogP contribution in [0.15, 0.2) is 22.8 Å². The third-order valence-electron chi connectivity index (χ3n) is 2.14. The van der Waals surface area contributed by atoms with Crippen molar-refractivity contribution in [3.63, 3.8) is 0 Å². The van der Waals surface area contributed by atoms with Crippen molar-refractivity contribution in [3.8, 4) is 0 Å². The third-order valence-corrected chi connectivity index (χ3v) is 2.63. The summed E-state index contributed by atoms with van der Waals surface area (Å²) >= 11 is 3.34. The van der Waals surface area contributed by atoms with Crippen molar-refractivity contribution in [2.45, 2.75) is 12.5 Å². The van der Waals surface area contributed by atoms with E-state index in [1.165, 1.54) is 0 Å². The van der Waals surface area contributed by atoms with E-state index in [4.69, 9.17) is 5.73 Å². The molecule has 0 aromatic carbocycles. The van der Waals surface area contributed by atoms with Crippen LogP contribution in [-0.4, -0.2) is 23.5 Å². The smallest absolute Gasteiger partial charge is 0.229 e. The molecule has 1 aliphatic heterocycles. The van der Waals surface area contributed by atoms with Crippen LogP contribution in [0.2, 0.25) is 0 Å². The number of pyridine rings is 1. The number of anilines is 1. The first kappa shape index (κ1) is 9.61. The van der Waals surface area contributed by atoms with Crippen LogP contribution in [0, 0.1) is 0 Å². The first-order valence-corrected chi connectivity index (χ1v) is 5.13. The van der Waals surface area contributed by atoms with Gasteiger partial charge in [0.15, 0.2) is 0 Å². The summed E-state index contributed by atoms with van der Waals surface area (Å²) in [5.74, 6) is 0.709. The van der Waals surface area contributed by atoms with Gasteiger partial charge >= 0.3 is 0 Å². The Kier molecular flexibility index (Phi) is 2.52. The molecule has 14 heavy (non-hydrogen) atoms. The van der Waals surface area contributed by atoms with Crippen LogP contribution in [-0.2, 0) is 4.79 Å². The normalized spacial score (nSPS) is 21.7. The Morgan fingerprint density at radius 3 is 3.00 bits per heavy atom. The maximum absolute atomic E-state index is 11.5. The predicted octanol–water partition coefficient (Wildman–Crippen LogP) is 0.908. The van der Waals surface area contributed by atoms with Gasteiger partial charge in [-0.1, -0.05) is 15.9 Å². The molecule has 0 bridgehead atoms. The fourth-order valence-electron chi connectivity index (χ4n) is 1.50. The van der Waals surface area contributed by atoms with Gasteiger partial charge in [-0.05, 0) is 12.1 Å².